The van der Waals surface area contributed by atoms with Crippen LogP contribution in [0.2, 0.25) is 0 Å². The minimum Gasteiger partial charge on any atom is -0.383 e. The minimum atomic E-state index is -0.0715. The second-order valence-corrected chi connectivity index (χ2v) is 8.68. The van der Waals surface area contributed by atoms with Crippen LogP contribution in [-0.2, 0) is 20.7 Å². The summed E-state index contributed by atoms with van der Waals surface area (Å²) in [5, 5.41) is 4.30. The third kappa shape index (κ3) is 4.85. The Bertz CT molecular complexity index is 826. The Morgan fingerprint density at radius 1 is 1.07 bits per heavy atom. The summed E-state index contributed by atoms with van der Waals surface area (Å²) in [6.45, 7) is 6.38. The Balaban J connectivity index is 1.54. The zero-order valence-corrected chi connectivity index (χ0v) is 18.4. The highest BCUT2D eigenvalue weighted by Crippen LogP contribution is 2.45. The van der Waals surface area contributed by atoms with E-state index < -0.39 is 0 Å². The Morgan fingerprint density at radius 2 is 1.73 bits per heavy atom. The number of hydrogen-bond acceptors (Lipinski definition) is 5. The molecule has 30 heavy (non-hydrogen) atoms. The van der Waals surface area contributed by atoms with Gasteiger partial charge in [0, 0.05) is 51.2 Å². The van der Waals surface area contributed by atoms with Crippen LogP contribution in [0.1, 0.15) is 54.1 Å². The van der Waals surface area contributed by atoms with E-state index in [9.17, 15) is 4.79 Å². The molecule has 0 radical (unpaired) electrons. The van der Waals surface area contributed by atoms with Crippen molar-refractivity contribution in [1.29, 1.82) is 0 Å². The number of H-pyrrole nitrogens is 1. The summed E-state index contributed by atoms with van der Waals surface area (Å²) in [6.07, 6.45) is 7.77. The van der Waals surface area contributed by atoms with E-state index in [4.69, 9.17) is 9.47 Å². The summed E-state index contributed by atoms with van der Waals surface area (Å²) < 4.78 is 10.6. The smallest absolute Gasteiger partial charge is 0.273 e. The number of hydrazone groups is 1. The maximum absolute atomic E-state index is 12.4. The molecule has 1 aliphatic heterocycles. The van der Waals surface area contributed by atoms with Crippen molar-refractivity contribution in [1.82, 2.24) is 15.3 Å². The monoisotopic (exact) mass is 414 g/mol. The fourth-order valence-corrected chi connectivity index (χ4v) is 4.33. The molecule has 2 heterocycles. The minimum absolute atomic E-state index is 0.0715. The number of hydrogen-bond donors (Lipinski definition) is 2. The number of ether oxygens (including phenoxy) is 2. The number of aryl methyl sites for hydroxylation is 1. The molecule has 0 aromatic carbocycles. The van der Waals surface area contributed by atoms with Crippen molar-refractivity contribution in [2.75, 3.05) is 47.1 Å². The SMILES string of the molecule is COCCN(CCOC)CCc1c(C)[nH]c(C=C2C(=O)NN=C2C2CC2)c1C1CC1. The molecule has 1 amide bonds. The van der Waals surface area contributed by atoms with Crippen molar-refractivity contribution < 1.29 is 14.3 Å². The number of aromatic nitrogens is 1. The van der Waals surface area contributed by atoms with E-state index >= 15 is 0 Å². The van der Waals surface area contributed by atoms with Crippen LogP contribution in [0.4, 0.5) is 0 Å². The van der Waals surface area contributed by atoms with Gasteiger partial charge in [-0.05, 0) is 62.1 Å². The van der Waals surface area contributed by atoms with E-state index in [1.807, 2.05) is 0 Å². The zero-order valence-electron chi connectivity index (χ0n) is 18.4. The Labute approximate surface area is 178 Å². The van der Waals surface area contributed by atoms with Crippen LogP contribution in [0.25, 0.3) is 6.08 Å². The van der Waals surface area contributed by atoms with Gasteiger partial charge < -0.3 is 14.5 Å². The quantitative estimate of drug-likeness (QED) is 0.516. The number of rotatable bonds is 12. The molecule has 164 valence electrons. The van der Waals surface area contributed by atoms with Gasteiger partial charge in [-0.1, -0.05) is 0 Å². The van der Waals surface area contributed by atoms with Gasteiger partial charge in [-0.15, -0.1) is 0 Å². The van der Waals surface area contributed by atoms with E-state index in [1.54, 1.807) is 14.2 Å². The molecule has 0 unspecified atom stereocenters. The lowest BCUT2D eigenvalue weighted by atomic mass is 9.98. The molecule has 1 aromatic rings. The number of amides is 1. The van der Waals surface area contributed by atoms with E-state index in [0.717, 1.165) is 69.1 Å². The van der Waals surface area contributed by atoms with E-state index in [0.29, 0.717) is 11.8 Å². The lowest BCUT2D eigenvalue weighted by molar-refractivity contribution is -0.116. The Kier molecular flexibility index (Phi) is 6.71. The van der Waals surface area contributed by atoms with Crippen molar-refractivity contribution in [3.05, 3.63) is 28.1 Å². The molecule has 7 heteroatoms. The van der Waals surface area contributed by atoms with Gasteiger partial charge in [0.15, 0.2) is 0 Å². The second-order valence-electron chi connectivity index (χ2n) is 8.68. The molecule has 1 aromatic heterocycles. The van der Waals surface area contributed by atoms with Crippen LogP contribution in [0.15, 0.2) is 10.7 Å². The molecule has 0 saturated heterocycles. The second kappa shape index (κ2) is 9.45. The van der Waals surface area contributed by atoms with Gasteiger partial charge in [-0.2, -0.15) is 5.10 Å². The first-order chi connectivity index (χ1) is 14.6. The molecule has 2 N–H and O–H groups in total. The molecule has 2 saturated carbocycles. The number of carbonyl (C=O) groups excluding carboxylic acids is 1. The summed E-state index contributed by atoms with van der Waals surface area (Å²) in [4.78, 5) is 18.4. The molecular formula is C23H34N4O3. The van der Waals surface area contributed by atoms with Crippen molar-refractivity contribution in [2.24, 2.45) is 11.0 Å². The first-order valence-corrected chi connectivity index (χ1v) is 11.1. The third-order valence-electron chi connectivity index (χ3n) is 6.33. The van der Waals surface area contributed by atoms with Crippen LogP contribution in [0.5, 0.6) is 0 Å². The number of nitrogens with zero attached hydrogens (tertiary/aromatic N) is 2. The fraction of sp³-hybridized carbons (Fsp3) is 0.652. The van der Waals surface area contributed by atoms with Gasteiger partial charge in [0.25, 0.3) is 5.91 Å². The number of methoxy groups -OCH3 is 2. The summed E-state index contributed by atoms with van der Waals surface area (Å²) >= 11 is 0. The topological polar surface area (TPSA) is 79.0 Å². The standard InChI is InChI=1S/C23H34N4O3/c1-15-18(8-9-27(10-12-29-2)11-13-30-3)21(16-4-5-16)20(24-15)14-19-22(17-6-7-17)25-26-23(19)28/h14,16-17,24H,4-13H2,1-3H3,(H,26,28). The predicted octanol–water partition coefficient (Wildman–Crippen LogP) is 2.62. The lowest BCUT2D eigenvalue weighted by Crippen LogP contribution is -2.32. The van der Waals surface area contributed by atoms with Gasteiger partial charge in [0.05, 0.1) is 24.5 Å². The molecular weight excluding hydrogens is 380 g/mol. The molecule has 2 aliphatic carbocycles. The zero-order chi connectivity index (χ0) is 21.1. The number of aromatic amines is 1. The van der Waals surface area contributed by atoms with Crippen LogP contribution in [-0.4, -0.2) is 68.6 Å². The number of carbonyl (C=O) groups is 1. The predicted molar refractivity (Wildman–Crippen MR) is 118 cm³/mol. The van der Waals surface area contributed by atoms with Gasteiger partial charge in [-0.25, -0.2) is 5.43 Å². The van der Waals surface area contributed by atoms with Crippen LogP contribution < -0.4 is 5.43 Å². The highest BCUT2D eigenvalue weighted by atomic mass is 16.5. The number of nitrogens with one attached hydrogen (secondary N) is 2. The van der Waals surface area contributed by atoms with Crippen molar-refractivity contribution in [3.8, 4) is 0 Å². The van der Waals surface area contributed by atoms with Crippen LogP contribution in [0, 0.1) is 12.8 Å². The van der Waals surface area contributed by atoms with E-state index in [2.05, 4.69) is 33.4 Å². The molecule has 4 rings (SSSR count). The lowest BCUT2D eigenvalue weighted by Gasteiger charge is -2.22. The molecule has 0 spiro atoms. The van der Waals surface area contributed by atoms with Crippen LogP contribution >= 0.6 is 0 Å². The van der Waals surface area contributed by atoms with Crippen molar-refractivity contribution in [3.63, 3.8) is 0 Å². The van der Waals surface area contributed by atoms with Gasteiger partial charge in [-0.3, -0.25) is 9.69 Å². The molecule has 3 aliphatic rings. The average molecular weight is 415 g/mol. The van der Waals surface area contributed by atoms with Gasteiger partial charge >= 0.3 is 0 Å². The van der Waals surface area contributed by atoms with Gasteiger partial charge in [0.2, 0.25) is 0 Å². The first-order valence-electron chi connectivity index (χ1n) is 11.1. The highest BCUT2D eigenvalue weighted by molar-refractivity contribution is 6.28. The molecule has 2 fully saturated rings. The van der Waals surface area contributed by atoms with Crippen molar-refractivity contribution >= 4 is 17.7 Å². The summed E-state index contributed by atoms with van der Waals surface area (Å²) in [5.74, 6) is 0.983. The normalized spacial score (nSPS) is 20.3. The average Bonchev–Trinajstić information content (AvgIpc) is 3.66. The highest BCUT2D eigenvalue weighted by Gasteiger charge is 2.37. The summed E-state index contributed by atoms with van der Waals surface area (Å²) in [5.41, 5.74) is 9.49. The van der Waals surface area contributed by atoms with Crippen LogP contribution in [0.3, 0.4) is 0 Å². The maximum Gasteiger partial charge on any atom is 0.273 e. The van der Waals surface area contributed by atoms with Gasteiger partial charge in [0.1, 0.15) is 0 Å². The molecule has 7 nitrogen and oxygen atoms in total. The fourth-order valence-electron chi connectivity index (χ4n) is 4.33. The Hall–Kier alpha value is -1.96. The summed E-state index contributed by atoms with van der Waals surface area (Å²) in [7, 11) is 3.49. The maximum atomic E-state index is 12.4. The Morgan fingerprint density at radius 3 is 2.33 bits per heavy atom. The molecule has 0 bridgehead atoms. The van der Waals surface area contributed by atoms with E-state index in [-0.39, 0.29) is 5.91 Å². The third-order valence-corrected chi connectivity index (χ3v) is 6.33. The summed E-state index contributed by atoms with van der Waals surface area (Å²) in [6, 6.07) is 0. The first kappa shape index (κ1) is 21.3. The molecule has 0 atom stereocenters. The van der Waals surface area contributed by atoms with E-state index in [1.165, 1.54) is 29.7 Å². The van der Waals surface area contributed by atoms with Crippen molar-refractivity contribution in [2.45, 2.75) is 44.9 Å². The largest absolute Gasteiger partial charge is 0.383 e.